The highest BCUT2D eigenvalue weighted by Crippen LogP contribution is 2.32. The average molecular weight is 542 g/mol. The number of halogens is 1. The first-order valence-electron chi connectivity index (χ1n) is 10.5. The van der Waals surface area contributed by atoms with Crippen LogP contribution < -0.4 is 20.1 Å². The van der Waals surface area contributed by atoms with Crippen LogP contribution in [-0.4, -0.2) is 64.0 Å². The molecule has 0 saturated carbocycles. The number of hydrogen-bond acceptors (Lipinski definition) is 6. The van der Waals surface area contributed by atoms with E-state index >= 15 is 0 Å². The number of rotatable bonds is 5. The molecule has 4 rings (SSSR count). The Labute approximate surface area is 200 Å². The van der Waals surface area contributed by atoms with Gasteiger partial charge < -0.3 is 29.3 Å². The van der Waals surface area contributed by atoms with Crippen molar-refractivity contribution in [3.05, 3.63) is 41.9 Å². The average Bonchev–Trinajstić information content (AvgIpc) is 3.06. The molecule has 31 heavy (non-hydrogen) atoms. The zero-order valence-corrected chi connectivity index (χ0v) is 20.4. The molecule has 2 aromatic rings. The lowest BCUT2D eigenvalue weighted by Crippen LogP contribution is -2.44. The number of aliphatic imine (C=N–C) groups is 1. The molecule has 1 aromatic heterocycles. The van der Waals surface area contributed by atoms with E-state index < -0.39 is 0 Å². The summed E-state index contributed by atoms with van der Waals surface area (Å²) in [5, 5.41) is 6.78. The summed E-state index contributed by atoms with van der Waals surface area (Å²) in [5.74, 6) is 4.09. The maximum absolute atomic E-state index is 5.94. The molecule has 170 valence electrons. The Balaban J connectivity index is 0.00000272. The molecule has 0 spiro atoms. The molecule has 0 amide bonds. The molecule has 2 aliphatic heterocycles. The second kappa shape index (κ2) is 11.6. The van der Waals surface area contributed by atoms with E-state index in [0.717, 1.165) is 61.4 Å². The number of furan rings is 1. The number of aryl methyl sites for hydroxylation is 1. The largest absolute Gasteiger partial charge is 0.490 e. The first kappa shape index (κ1) is 23.7. The molecular weight excluding hydrogens is 511 g/mol. The van der Waals surface area contributed by atoms with Crippen LogP contribution in [0.3, 0.4) is 0 Å². The number of fused-ring (bicyclic) bond motifs is 1. The first-order chi connectivity index (χ1) is 14.7. The van der Waals surface area contributed by atoms with Crippen molar-refractivity contribution >= 4 is 35.6 Å². The lowest BCUT2D eigenvalue weighted by molar-refractivity contribution is 0.0125. The maximum atomic E-state index is 5.94. The van der Waals surface area contributed by atoms with Crippen LogP contribution in [0.2, 0.25) is 0 Å². The van der Waals surface area contributed by atoms with E-state index in [-0.39, 0.29) is 30.0 Å². The number of hydrogen-bond donors (Lipinski definition) is 2. The topological polar surface area (TPSA) is 80.5 Å². The summed E-state index contributed by atoms with van der Waals surface area (Å²) in [6.07, 6.45) is 0.885. The van der Waals surface area contributed by atoms with E-state index in [1.54, 1.807) is 7.05 Å². The van der Waals surface area contributed by atoms with Gasteiger partial charge in [0.1, 0.15) is 11.5 Å². The van der Waals surface area contributed by atoms with E-state index in [2.05, 4.69) is 26.6 Å². The third-order valence-electron chi connectivity index (χ3n) is 5.27. The molecule has 0 bridgehead atoms. The molecule has 3 heterocycles. The van der Waals surface area contributed by atoms with Crippen LogP contribution >= 0.6 is 24.0 Å². The Morgan fingerprint density at radius 2 is 1.84 bits per heavy atom. The van der Waals surface area contributed by atoms with E-state index in [9.17, 15) is 0 Å². The van der Waals surface area contributed by atoms with E-state index in [1.807, 2.05) is 31.2 Å². The number of benzene rings is 1. The summed E-state index contributed by atoms with van der Waals surface area (Å²) >= 11 is 0. The lowest BCUT2D eigenvalue weighted by atomic mass is 10.1. The number of ether oxygens (including phenoxy) is 3. The Hall–Kier alpha value is -1.98. The minimum Gasteiger partial charge on any atom is -0.490 e. The Morgan fingerprint density at radius 3 is 2.55 bits per heavy atom. The van der Waals surface area contributed by atoms with Crippen LogP contribution in [-0.2, 0) is 4.74 Å². The van der Waals surface area contributed by atoms with Crippen molar-refractivity contribution in [2.75, 3.05) is 58.4 Å². The quantitative estimate of drug-likeness (QED) is 0.341. The van der Waals surface area contributed by atoms with E-state index in [1.165, 1.54) is 0 Å². The van der Waals surface area contributed by atoms with Crippen LogP contribution in [0.1, 0.15) is 24.0 Å². The summed E-state index contributed by atoms with van der Waals surface area (Å²) in [6, 6.07) is 10.0. The number of guanidine groups is 1. The van der Waals surface area contributed by atoms with Gasteiger partial charge in [-0.1, -0.05) is 0 Å². The Morgan fingerprint density at radius 1 is 1.06 bits per heavy atom. The number of morpholine rings is 1. The van der Waals surface area contributed by atoms with Gasteiger partial charge in [-0.15, -0.1) is 24.0 Å². The Bertz CT molecular complexity index is 867. The van der Waals surface area contributed by atoms with Crippen LogP contribution in [0, 0.1) is 6.92 Å². The number of nitrogens with one attached hydrogen (secondary N) is 2. The SMILES string of the molecule is CN=C(NCC(c1ccc(C)o1)N1CCOCC1)Nc1ccc2c(c1)OCCCO2.I. The third kappa shape index (κ3) is 6.27. The van der Waals surface area contributed by atoms with Crippen molar-refractivity contribution in [1.29, 1.82) is 0 Å². The maximum Gasteiger partial charge on any atom is 0.195 e. The highest BCUT2D eigenvalue weighted by molar-refractivity contribution is 14.0. The van der Waals surface area contributed by atoms with Crippen molar-refractivity contribution in [1.82, 2.24) is 10.2 Å². The summed E-state index contributed by atoms with van der Waals surface area (Å²) in [4.78, 5) is 6.76. The normalized spacial score (nSPS) is 17.9. The number of anilines is 1. The van der Waals surface area contributed by atoms with Crippen molar-refractivity contribution in [3.63, 3.8) is 0 Å². The minimum atomic E-state index is 0. The van der Waals surface area contributed by atoms with Crippen molar-refractivity contribution in [2.24, 2.45) is 4.99 Å². The fourth-order valence-corrected chi connectivity index (χ4v) is 3.68. The molecule has 8 nitrogen and oxygen atoms in total. The van der Waals surface area contributed by atoms with Gasteiger partial charge in [-0.2, -0.15) is 0 Å². The summed E-state index contributed by atoms with van der Waals surface area (Å²) in [5.41, 5.74) is 0.893. The summed E-state index contributed by atoms with van der Waals surface area (Å²) in [7, 11) is 1.76. The van der Waals surface area contributed by atoms with Gasteiger partial charge in [0.2, 0.25) is 0 Å². The van der Waals surface area contributed by atoms with Gasteiger partial charge in [0, 0.05) is 44.9 Å². The van der Waals surface area contributed by atoms with Crippen LogP contribution in [0.25, 0.3) is 0 Å². The highest BCUT2D eigenvalue weighted by atomic mass is 127. The fourth-order valence-electron chi connectivity index (χ4n) is 3.68. The molecule has 1 unspecified atom stereocenters. The predicted molar refractivity (Wildman–Crippen MR) is 131 cm³/mol. The molecule has 1 fully saturated rings. The molecule has 0 aliphatic carbocycles. The van der Waals surface area contributed by atoms with Crippen LogP contribution in [0.4, 0.5) is 5.69 Å². The van der Waals surface area contributed by atoms with Crippen molar-refractivity contribution < 1.29 is 18.6 Å². The van der Waals surface area contributed by atoms with Crippen molar-refractivity contribution in [2.45, 2.75) is 19.4 Å². The first-order valence-corrected chi connectivity index (χ1v) is 10.5. The van der Waals surface area contributed by atoms with Gasteiger partial charge in [0.05, 0.1) is 32.5 Å². The summed E-state index contributed by atoms with van der Waals surface area (Å²) in [6.45, 7) is 7.20. The molecule has 9 heteroatoms. The molecule has 1 aromatic carbocycles. The van der Waals surface area contributed by atoms with Crippen LogP contribution in [0.5, 0.6) is 11.5 Å². The molecule has 0 radical (unpaired) electrons. The minimum absolute atomic E-state index is 0. The lowest BCUT2D eigenvalue weighted by Gasteiger charge is -2.33. The summed E-state index contributed by atoms with van der Waals surface area (Å²) < 4.78 is 23.0. The second-order valence-electron chi connectivity index (χ2n) is 7.40. The standard InChI is InChI=1S/C22H30N4O4.HI/c1-16-4-6-19(30-16)18(26-8-12-27-13-9-26)15-24-22(23-2)25-17-5-7-20-21(14-17)29-11-3-10-28-20;/h4-7,14,18H,3,8-13,15H2,1-2H3,(H2,23,24,25);1H. The number of nitrogens with zero attached hydrogens (tertiary/aromatic N) is 2. The highest BCUT2D eigenvalue weighted by Gasteiger charge is 2.25. The van der Waals surface area contributed by atoms with Gasteiger partial charge in [0.25, 0.3) is 0 Å². The van der Waals surface area contributed by atoms with Gasteiger partial charge in [-0.25, -0.2) is 0 Å². The monoisotopic (exact) mass is 542 g/mol. The smallest absolute Gasteiger partial charge is 0.195 e. The van der Waals surface area contributed by atoms with Crippen LogP contribution in [0.15, 0.2) is 39.7 Å². The van der Waals surface area contributed by atoms with Gasteiger partial charge in [-0.3, -0.25) is 9.89 Å². The molecule has 2 aliphatic rings. The second-order valence-corrected chi connectivity index (χ2v) is 7.40. The third-order valence-corrected chi connectivity index (χ3v) is 5.27. The molecule has 2 N–H and O–H groups in total. The van der Waals surface area contributed by atoms with Gasteiger partial charge >= 0.3 is 0 Å². The van der Waals surface area contributed by atoms with Gasteiger partial charge in [-0.05, 0) is 31.2 Å². The Kier molecular flexibility index (Phi) is 8.85. The fraction of sp³-hybridized carbons (Fsp3) is 0.500. The predicted octanol–water partition coefficient (Wildman–Crippen LogP) is 3.43. The van der Waals surface area contributed by atoms with E-state index in [4.69, 9.17) is 18.6 Å². The molecular formula is C22H31IN4O4. The van der Waals surface area contributed by atoms with E-state index in [0.29, 0.717) is 25.7 Å². The molecule has 1 atom stereocenters. The zero-order valence-electron chi connectivity index (χ0n) is 18.1. The zero-order chi connectivity index (χ0) is 20.8. The van der Waals surface area contributed by atoms with Gasteiger partial charge in [0.15, 0.2) is 17.5 Å². The molecule has 1 saturated heterocycles. The van der Waals surface area contributed by atoms with Crippen molar-refractivity contribution in [3.8, 4) is 11.5 Å².